The number of nitrogens with one attached hydrogen (secondary N) is 2. The van der Waals surface area contributed by atoms with Crippen LogP contribution in [0.1, 0.15) is 31.2 Å². The molecular formula is C15H19N3O3. The molecule has 2 rings (SSSR count). The lowest BCUT2D eigenvalue weighted by Crippen LogP contribution is -2.33. The number of carbonyl (C=O) groups excluding carboxylic acids is 2. The molecule has 0 saturated heterocycles. The minimum atomic E-state index is -0.780. The van der Waals surface area contributed by atoms with E-state index in [0.717, 1.165) is 37.0 Å². The number of ether oxygens (including phenoxy) is 1. The van der Waals surface area contributed by atoms with Gasteiger partial charge in [0.1, 0.15) is 5.75 Å². The van der Waals surface area contributed by atoms with Crippen molar-refractivity contribution in [2.75, 3.05) is 12.4 Å². The smallest absolute Gasteiger partial charge is 0.329 e. The van der Waals surface area contributed by atoms with Crippen molar-refractivity contribution in [2.24, 2.45) is 5.10 Å². The maximum absolute atomic E-state index is 11.8. The van der Waals surface area contributed by atoms with E-state index >= 15 is 0 Å². The zero-order chi connectivity index (χ0) is 15.2. The van der Waals surface area contributed by atoms with Crippen molar-refractivity contribution in [3.05, 3.63) is 23.8 Å². The number of hydrogen-bond acceptors (Lipinski definition) is 4. The van der Waals surface area contributed by atoms with E-state index < -0.39 is 11.8 Å². The number of hydrazone groups is 1. The predicted molar refractivity (Wildman–Crippen MR) is 80.4 cm³/mol. The summed E-state index contributed by atoms with van der Waals surface area (Å²) in [6.07, 6.45) is 3.93. The molecule has 2 amide bonds. The lowest BCUT2D eigenvalue weighted by Gasteiger charge is -2.10. The highest BCUT2D eigenvalue weighted by Gasteiger charge is 2.16. The van der Waals surface area contributed by atoms with Crippen LogP contribution in [-0.2, 0) is 9.59 Å². The first kappa shape index (κ1) is 15.0. The van der Waals surface area contributed by atoms with E-state index in [9.17, 15) is 9.59 Å². The molecule has 0 aliphatic heterocycles. The van der Waals surface area contributed by atoms with Gasteiger partial charge in [-0.3, -0.25) is 9.59 Å². The topological polar surface area (TPSA) is 79.8 Å². The minimum Gasteiger partial charge on any atom is -0.495 e. The molecule has 6 heteroatoms. The van der Waals surface area contributed by atoms with Gasteiger partial charge < -0.3 is 10.1 Å². The Hall–Kier alpha value is -2.37. The molecule has 0 aromatic heterocycles. The fourth-order valence-corrected chi connectivity index (χ4v) is 2.17. The largest absolute Gasteiger partial charge is 0.495 e. The summed E-state index contributed by atoms with van der Waals surface area (Å²) in [5.74, 6) is -1.04. The number of nitrogens with zero attached hydrogens (tertiary/aromatic N) is 1. The maximum atomic E-state index is 11.8. The number of aryl methyl sites for hydroxylation is 1. The van der Waals surface area contributed by atoms with Crippen molar-refractivity contribution < 1.29 is 14.3 Å². The Morgan fingerprint density at radius 2 is 1.90 bits per heavy atom. The molecule has 0 spiro atoms. The summed E-state index contributed by atoms with van der Waals surface area (Å²) in [5, 5.41) is 6.50. The normalized spacial score (nSPS) is 13.7. The van der Waals surface area contributed by atoms with Crippen molar-refractivity contribution in [3.8, 4) is 5.75 Å². The Morgan fingerprint density at radius 3 is 2.57 bits per heavy atom. The molecule has 1 aliphatic carbocycles. The molecular weight excluding hydrogens is 270 g/mol. The van der Waals surface area contributed by atoms with Crippen LogP contribution in [-0.4, -0.2) is 24.6 Å². The van der Waals surface area contributed by atoms with Crippen LogP contribution in [0.2, 0.25) is 0 Å². The van der Waals surface area contributed by atoms with Crippen molar-refractivity contribution in [3.63, 3.8) is 0 Å². The summed E-state index contributed by atoms with van der Waals surface area (Å²) in [5.41, 5.74) is 4.65. The Balaban J connectivity index is 1.98. The van der Waals surface area contributed by atoms with Crippen molar-refractivity contribution in [1.82, 2.24) is 5.43 Å². The van der Waals surface area contributed by atoms with Gasteiger partial charge in [0.15, 0.2) is 0 Å². The molecule has 0 radical (unpaired) electrons. The van der Waals surface area contributed by atoms with E-state index in [1.54, 1.807) is 12.1 Å². The fraction of sp³-hybridized carbons (Fsp3) is 0.400. The maximum Gasteiger partial charge on any atom is 0.329 e. The molecule has 0 atom stereocenters. The van der Waals surface area contributed by atoms with Crippen molar-refractivity contribution in [1.29, 1.82) is 0 Å². The van der Waals surface area contributed by atoms with Crippen LogP contribution >= 0.6 is 0 Å². The van der Waals surface area contributed by atoms with E-state index in [1.165, 1.54) is 7.11 Å². The van der Waals surface area contributed by atoms with Gasteiger partial charge in [-0.1, -0.05) is 6.07 Å². The van der Waals surface area contributed by atoms with Gasteiger partial charge >= 0.3 is 11.8 Å². The summed E-state index contributed by atoms with van der Waals surface area (Å²) in [4.78, 5) is 23.6. The lowest BCUT2D eigenvalue weighted by atomic mass is 10.2. The second-order valence-electron chi connectivity index (χ2n) is 4.98. The molecule has 1 saturated carbocycles. The average molecular weight is 289 g/mol. The van der Waals surface area contributed by atoms with Gasteiger partial charge in [0, 0.05) is 5.71 Å². The van der Waals surface area contributed by atoms with Gasteiger partial charge in [0.05, 0.1) is 12.8 Å². The number of carbonyl (C=O) groups is 2. The number of amides is 2. The highest BCUT2D eigenvalue weighted by Crippen LogP contribution is 2.25. The highest BCUT2D eigenvalue weighted by molar-refractivity contribution is 6.39. The average Bonchev–Trinajstić information content (AvgIpc) is 2.98. The molecule has 1 aliphatic rings. The first-order valence-corrected chi connectivity index (χ1v) is 6.91. The second kappa shape index (κ2) is 6.88. The van der Waals surface area contributed by atoms with Crippen LogP contribution < -0.4 is 15.5 Å². The van der Waals surface area contributed by atoms with Gasteiger partial charge in [-0.2, -0.15) is 5.10 Å². The van der Waals surface area contributed by atoms with Crippen LogP contribution in [0.4, 0.5) is 5.69 Å². The quantitative estimate of drug-likeness (QED) is 0.659. The second-order valence-corrected chi connectivity index (χ2v) is 4.98. The Labute approximate surface area is 123 Å². The standard InChI is InChI=1S/C15H19N3O3/c1-10-7-8-13(21-2)12(9-10)16-14(19)15(20)18-17-11-5-3-4-6-11/h7-9H,3-6H2,1-2H3,(H,16,19)(H,18,20). The monoisotopic (exact) mass is 289 g/mol. The summed E-state index contributed by atoms with van der Waals surface area (Å²) in [6.45, 7) is 1.89. The first-order valence-electron chi connectivity index (χ1n) is 6.91. The van der Waals surface area contributed by atoms with Gasteiger partial charge in [0.2, 0.25) is 0 Å². The molecule has 1 aromatic carbocycles. The Morgan fingerprint density at radius 1 is 1.19 bits per heavy atom. The van der Waals surface area contributed by atoms with Gasteiger partial charge in [0.25, 0.3) is 0 Å². The highest BCUT2D eigenvalue weighted by atomic mass is 16.5. The minimum absolute atomic E-state index is 0.464. The summed E-state index contributed by atoms with van der Waals surface area (Å²) in [7, 11) is 1.51. The molecule has 6 nitrogen and oxygen atoms in total. The lowest BCUT2D eigenvalue weighted by molar-refractivity contribution is -0.136. The van der Waals surface area contributed by atoms with Gasteiger partial charge in [-0.25, -0.2) is 5.43 Å². The summed E-state index contributed by atoms with van der Waals surface area (Å²) >= 11 is 0. The number of methoxy groups -OCH3 is 1. The first-order chi connectivity index (χ1) is 10.1. The summed E-state index contributed by atoms with van der Waals surface area (Å²) < 4.78 is 5.15. The number of benzene rings is 1. The third-order valence-electron chi connectivity index (χ3n) is 3.31. The molecule has 0 bridgehead atoms. The molecule has 112 valence electrons. The number of anilines is 1. The van der Waals surface area contributed by atoms with E-state index in [-0.39, 0.29) is 0 Å². The van der Waals surface area contributed by atoms with E-state index in [0.29, 0.717) is 11.4 Å². The van der Waals surface area contributed by atoms with Crippen LogP contribution in [0.15, 0.2) is 23.3 Å². The zero-order valence-corrected chi connectivity index (χ0v) is 12.2. The third kappa shape index (κ3) is 4.05. The van der Waals surface area contributed by atoms with E-state index in [2.05, 4.69) is 15.8 Å². The van der Waals surface area contributed by atoms with E-state index in [4.69, 9.17) is 4.74 Å². The van der Waals surface area contributed by atoms with Gasteiger partial charge in [-0.15, -0.1) is 0 Å². The molecule has 1 fully saturated rings. The molecule has 21 heavy (non-hydrogen) atoms. The SMILES string of the molecule is COc1ccc(C)cc1NC(=O)C(=O)NN=C1CCCC1. The molecule has 0 heterocycles. The fourth-order valence-electron chi connectivity index (χ4n) is 2.17. The van der Waals surface area contributed by atoms with Crippen LogP contribution in [0.3, 0.4) is 0 Å². The molecule has 0 unspecified atom stereocenters. The zero-order valence-electron chi connectivity index (χ0n) is 12.2. The Bertz CT molecular complexity index is 574. The number of hydrogen-bond donors (Lipinski definition) is 2. The van der Waals surface area contributed by atoms with Crippen LogP contribution in [0.25, 0.3) is 0 Å². The van der Waals surface area contributed by atoms with Crippen LogP contribution in [0.5, 0.6) is 5.75 Å². The number of rotatable bonds is 3. The molecule has 2 N–H and O–H groups in total. The summed E-state index contributed by atoms with van der Waals surface area (Å²) in [6, 6.07) is 5.34. The van der Waals surface area contributed by atoms with Gasteiger partial charge in [-0.05, 0) is 50.3 Å². The third-order valence-corrected chi connectivity index (χ3v) is 3.31. The Kier molecular flexibility index (Phi) is 4.92. The molecule has 1 aromatic rings. The van der Waals surface area contributed by atoms with Crippen LogP contribution in [0, 0.1) is 6.92 Å². The van der Waals surface area contributed by atoms with Crippen molar-refractivity contribution >= 4 is 23.2 Å². The predicted octanol–water partition coefficient (Wildman–Crippen LogP) is 1.99. The van der Waals surface area contributed by atoms with Crippen molar-refractivity contribution in [2.45, 2.75) is 32.6 Å². The van der Waals surface area contributed by atoms with E-state index in [1.807, 2.05) is 13.0 Å².